The number of fused-ring (bicyclic) bond motifs is 1. The van der Waals surface area contributed by atoms with E-state index in [4.69, 9.17) is 5.73 Å². The number of anilines is 2. The molecular weight excluding hydrogens is 312 g/mol. The second-order valence-electron chi connectivity index (χ2n) is 5.26. The number of carbonyl (C=O) groups excluding carboxylic acids is 1. The average Bonchev–Trinajstić information content (AvgIpc) is 3.15. The van der Waals surface area contributed by atoms with E-state index in [1.165, 1.54) is 0 Å². The minimum Gasteiger partial charge on any atom is -0.384 e. The lowest BCUT2D eigenvalue weighted by molar-refractivity contribution is -0.127. The van der Waals surface area contributed by atoms with E-state index in [2.05, 4.69) is 20.5 Å². The SMILES string of the molecule is CC(=O)N(C)CCNc1cc(N)nc2cc(-c3ccn[nH]3)sc12. The summed E-state index contributed by atoms with van der Waals surface area (Å²) in [5.41, 5.74) is 8.63. The summed E-state index contributed by atoms with van der Waals surface area (Å²) in [4.78, 5) is 18.4. The van der Waals surface area contributed by atoms with E-state index in [-0.39, 0.29) is 5.91 Å². The number of thiophene rings is 1. The maximum absolute atomic E-state index is 11.2. The summed E-state index contributed by atoms with van der Waals surface area (Å²) in [7, 11) is 1.78. The van der Waals surface area contributed by atoms with Crippen LogP contribution in [0.4, 0.5) is 11.5 Å². The van der Waals surface area contributed by atoms with Crippen molar-refractivity contribution >= 4 is 39.0 Å². The van der Waals surface area contributed by atoms with Gasteiger partial charge in [0.05, 0.1) is 26.5 Å². The Hall–Kier alpha value is -2.61. The van der Waals surface area contributed by atoms with E-state index in [9.17, 15) is 4.79 Å². The number of aromatic nitrogens is 3. The first-order chi connectivity index (χ1) is 11.0. The maximum atomic E-state index is 11.2. The summed E-state index contributed by atoms with van der Waals surface area (Å²) in [6, 6.07) is 5.74. The molecule has 4 N–H and O–H groups in total. The summed E-state index contributed by atoms with van der Waals surface area (Å²) in [6.07, 6.45) is 1.72. The van der Waals surface area contributed by atoms with Crippen LogP contribution >= 0.6 is 11.3 Å². The van der Waals surface area contributed by atoms with Gasteiger partial charge in [0.15, 0.2) is 0 Å². The number of amides is 1. The fourth-order valence-corrected chi connectivity index (χ4v) is 3.28. The van der Waals surface area contributed by atoms with Crippen molar-refractivity contribution in [3.05, 3.63) is 24.4 Å². The normalized spacial score (nSPS) is 10.9. The van der Waals surface area contributed by atoms with Crippen molar-refractivity contribution < 1.29 is 4.79 Å². The van der Waals surface area contributed by atoms with Crippen molar-refractivity contribution in [2.24, 2.45) is 0 Å². The van der Waals surface area contributed by atoms with Crippen LogP contribution in [0.5, 0.6) is 0 Å². The summed E-state index contributed by atoms with van der Waals surface area (Å²) < 4.78 is 1.04. The third-order valence-corrected chi connectivity index (χ3v) is 4.76. The molecule has 0 atom stereocenters. The molecule has 1 amide bonds. The number of carbonyl (C=O) groups is 1. The molecule has 0 bridgehead atoms. The first-order valence-corrected chi connectivity index (χ1v) is 8.01. The number of likely N-dealkylation sites (N-methyl/N-ethyl adjacent to an activating group) is 1. The molecule has 0 aliphatic carbocycles. The van der Waals surface area contributed by atoms with Crippen molar-refractivity contribution in [1.29, 1.82) is 0 Å². The Labute approximate surface area is 137 Å². The van der Waals surface area contributed by atoms with Gasteiger partial charge in [-0.15, -0.1) is 11.3 Å². The molecule has 0 aliphatic heterocycles. The van der Waals surface area contributed by atoms with Gasteiger partial charge in [-0.2, -0.15) is 5.10 Å². The molecule has 3 aromatic heterocycles. The van der Waals surface area contributed by atoms with Crippen LogP contribution in [0.2, 0.25) is 0 Å². The summed E-state index contributed by atoms with van der Waals surface area (Å²) >= 11 is 1.62. The average molecular weight is 330 g/mol. The predicted molar refractivity (Wildman–Crippen MR) is 93.4 cm³/mol. The van der Waals surface area contributed by atoms with Crippen molar-refractivity contribution in [1.82, 2.24) is 20.1 Å². The van der Waals surface area contributed by atoms with E-state index in [0.717, 1.165) is 26.5 Å². The predicted octanol–water partition coefficient (Wildman–Crippen LogP) is 2.16. The van der Waals surface area contributed by atoms with Crippen LogP contribution in [-0.4, -0.2) is 46.1 Å². The van der Waals surface area contributed by atoms with Gasteiger partial charge in [0, 0.05) is 39.3 Å². The van der Waals surface area contributed by atoms with Crippen LogP contribution in [0.25, 0.3) is 20.8 Å². The Morgan fingerprint density at radius 2 is 2.30 bits per heavy atom. The highest BCUT2D eigenvalue weighted by atomic mass is 32.1. The van der Waals surface area contributed by atoms with E-state index in [1.54, 1.807) is 36.4 Å². The van der Waals surface area contributed by atoms with Crippen molar-refractivity contribution in [2.45, 2.75) is 6.92 Å². The van der Waals surface area contributed by atoms with E-state index >= 15 is 0 Å². The lowest BCUT2D eigenvalue weighted by Crippen LogP contribution is -2.29. The maximum Gasteiger partial charge on any atom is 0.219 e. The molecule has 3 aromatic rings. The van der Waals surface area contributed by atoms with Crippen molar-refractivity contribution in [2.75, 3.05) is 31.2 Å². The van der Waals surface area contributed by atoms with Crippen molar-refractivity contribution in [3.63, 3.8) is 0 Å². The lowest BCUT2D eigenvalue weighted by Gasteiger charge is -2.15. The zero-order valence-corrected chi connectivity index (χ0v) is 13.8. The second kappa shape index (κ2) is 6.25. The third kappa shape index (κ3) is 3.26. The van der Waals surface area contributed by atoms with Gasteiger partial charge in [0.1, 0.15) is 5.82 Å². The molecule has 0 radical (unpaired) electrons. The standard InChI is InChI=1S/C15H18N6OS/c1-9(22)21(2)6-5-17-11-8-14(16)19-12-7-13(23-15(11)12)10-3-4-18-20-10/h3-4,7-8H,5-6H2,1-2H3,(H,18,20)(H3,16,17,19). The van der Waals surface area contributed by atoms with Gasteiger partial charge in [-0.05, 0) is 12.1 Å². The Balaban J connectivity index is 1.86. The van der Waals surface area contributed by atoms with Gasteiger partial charge in [-0.3, -0.25) is 9.89 Å². The first kappa shape index (κ1) is 15.3. The number of nitrogens with zero attached hydrogens (tertiary/aromatic N) is 3. The monoisotopic (exact) mass is 330 g/mol. The minimum absolute atomic E-state index is 0.0452. The van der Waals surface area contributed by atoms with Crippen LogP contribution in [0.3, 0.4) is 0 Å². The zero-order valence-electron chi connectivity index (χ0n) is 13.0. The smallest absolute Gasteiger partial charge is 0.219 e. The number of nitrogens with one attached hydrogen (secondary N) is 2. The first-order valence-electron chi connectivity index (χ1n) is 7.20. The highest BCUT2D eigenvalue weighted by Gasteiger charge is 2.11. The zero-order chi connectivity index (χ0) is 16.4. The molecule has 0 saturated carbocycles. The molecule has 0 unspecified atom stereocenters. The summed E-state index contributed by atoms with van der Waals surface area (Å²) in [5, 5.41) is 10.3. The topological polar surface area (TPSA) is 99.9 Å². The number of hydrogen-bond acceptors (Lipinski definition) is 6. The lowest BCUT2D eigenvalue weighted by atomic mass is 10.3. The van der Waals surface area contributed by atoms with Gasteiger partial charge in [0.25, 0.3) is 0 Å². The number of aromatic amines is 1. The van der Waals surface area contributed by atoms with Gasteiger partial charge >= 0.3 is 0 Å². The Morgan fingerprint density at radius 3 is 3.00 bits per heavy atom. The molecule has 8 heteroatoms. The van der Waals surface area contributed by atoms with E-state index in [0.29, 0.717) is 18.9 Å². The van der Waals surface area contributed by atoms with E-state index in [1.807, 2.05) is 18.2 Å². The van der Waals surface area contributed by atoms with E-state index < -0.39 is 0 Å². The molecule has 3 rings (SSSR count). The van der Waals surface area contributed by atoms with Crippen LogP contribution in [0.1, 0.15) is 6.92 Å². The number of hydrogen-bond donors (Lipinski definition) is 3. The molecule has 0 aliphatic rings. The Morgan fingerprint density at radius 1 is 1.48 bits per heavy atom. The highest BCUT2D eigenvalue weighted by molar-refractivity contribution is 7.22. The number of H-pyrrole nitrogens is 1. The minimum atomic E-state index is 0.0452. The third-order valence-electron chi connectivity index (χ3n) is 3.57. The molecule has 120 valence electrons. The Kier molecular flexibility index (Phi) is 4.16. The number of nitrogens with two attached hydrogens (primary N) is 1. The summed E-state index contributed by atoms with van der Waals surface area (Å²) in [6.45, 7) is 2.82. The van der Waals surface area contributed by atoms with Crippen LogP contribution < -0.4 is 11.1 Å². The number of rotatable bonds is 5. The second-order valence-corrected chi connectivity index (χ2v) is 6.31. The molecule has 23 heavy (non-hydrogen) atoms. The van der Waals surface area contributed by atoms with Gasteiger partial charge in [-0.25, -0.2) is 4.98 Å². The van der Waals surface area contributed by atoms with Gasteiger partial charge in [-0.1, -0.05) is 0 Å². The fourth-order valence-electron chi connectivity index (χ4n) is 2.22. The quantitative estimate of drug-likeness (QED) is 0.665. The van der Waals surface area contributed by atoms with Crippen LogP contribution in [0.15, 0.2) is 24.4 Å². The molecule has 0 fully saturated rings. The van der Waals surface area contributed by atoms with Crippen LogP contribution in [-0.2, 0) is 4.79 Å². The Bertz CT molecular complexity index is 826. The number of nitrogen functional groups attached to an aromatic ring is 1. The molecule has 3 heterocycles. The number of pyridine rings is 1. The largest absolute Gasteiger partial charge is 0.384 e. The molecule has 0 spiro atoms. The van der Waals surface area contributed by atoms with Gasteiger partial charge < -0.3 is 16.0 Å². The molecule has 0 aromatic carbocycles. The van der Waals surface area contributed by atoms with Gasteiger partial charge in [0.2, 0.25) is 5.91 Å². The fraction of sp³-hybridized carbons (Fsp3) is 0.267. The molecule has 7 nitrogen and oxygen atoms in total. The van der Waals surface area contributed by atoms with Crippen LogP contribution in [0, 0.1) is 0 Å². The molecular formula is C15H18N6OS. The molecule has 0 saturated heterocycles. The summed E-state index contributed by atoms with van der Waals surface area (Å²) in [5.74, 6) is 0.512. The van der Waals surface area contributed by atoms with Crippen molar-refractivity contribution in [3.8, 4) is 10.6 Å². The highest BCUT2D eigenvalue weighted by Crippen LogP contribution is 2.36.